The third-order valence-corrected chi connectivity index (χ3v) is 5.70. The van der Waals surface area contributed by atoms with Crippen molar-refractivity contribution in [1.82, 2.24) is 10.2 Å². The molecule has 0 saturated carbocycles. The van der Waals surface area contributed by atoms with Crippen LogP contribution in [0, 0.1) is 0 Å². The van der Waals surface area contributed by atoms with E-state index in [1.54, 1.807) is 24.3 Å². The van der Waals surface area contributed by atoms with Crippen molar-refractivity contribution in [3.63, 3.8) is 0 Å². The smallest absolute Gasteiger partial charge is 0.252 e. The molecule has 1 aliphatic heterocycles. The number of amides is 1. The second kappa shape index (κ2) is 9.65. The topological polar surface area (TPSA) is 49.4 Å². The molecule has 3 rings (SSSR count). The van der Waals surface area contributed by atoms with Crippen LogP contribution in [0.15, 0.2) is 54.6 Å². The van der Waals surface area contributed by atoms with Gasteiger partial charge in [0.05, 0.1) is 5.56 Å². The molecule has 1 aliphatic rings. The summed E-state index contributed by atoms with van der Waals surface area (Å²) in [5.41, 5.74) is 1.51. The Labute approximate surface area is 167 Å². The number of hydrogen-bond donors (Lipinski definition) is 1. The zero-order valence-electron chi connectivity index (χ0n) is 16.9. The summed E-state index contributed by atoms with van der Waals surface area (Å²) in [4.78, 5) is 28.4. The molecule has 2 aromatic carbocycles. The lowest BCUT2D eigenvalue weighted by molar-refractivity contribution is 0.0860. The average Bonchev–Trinajstić information content (AvgIpc) is 2.75. The number of ketones is 1. The monoisotopic (exact) mass is 378 g/mol. The summed E-state index contributed by atoms with van der Waals surface area (Å²) in [5, 5.41) is 3.18. The van der Waals surface area contributed by atoms with E-state index in [0.29, 0.717) is 22.7 Å². The molecule has 0 bridgehead atoms. The molecular formula is C24H30N2O2. The van der Waals surface area contributed by atoms with Crippen LogP contribution in [0.25, 0.3) is 0 Å². The summed E-state index contributed by atoms with van der Waals surface area (Å²) >= 11 is 0. The van der Waals surface area contributed by atoms with Gasteiger partial charge in [0.1, 0.15) is 0 Å². The third kappa shape index (κ3) is 4.68. The van der Waals surface area contributed by atoms with E-state index in [1.807, 2.05) is 30.3 Å². The molecule has 28 heavy (non-hydrogen) atoms. The number of hydrogen-bond acceptors (Lipinski definition) is 3. The Balaban J connectivity index is 1.74. The van der Waals surface area contributed by atoms with E-state index in [-0.39, 0.29) is 17.7 Å². The highest BCUT2D eigenvalue weighted by Gasteiger charge is 2.26. The van der Waals surface area contributed by atoms with Gasteiger partial charge in [-0.05, 0) is 38.3 Å². The molecule has 2 aromatic rings. The Morgan fingerprint density at radius 3 is 2.32 bits per heavy atom. The van der Waals surface area contributed by atoms with Gasteiger partial charge in [0, 0.05) is 29.8 Å². The fraction of sp³-hybridized carbons (Fsp3) is 0.417. The maximum absolute atomic E-state index is 13.0. The van der Waals surface area contributed by atoms with E-state index in [0.717, 1.165) is 38.8 Å². The molecule has 4 nitrogen and oxygen atoms in total. The van der Waals surface area contributed by atoms with Crippen LogP contribution in [0.2, 0.25) is 0 Å². The number of rotatable bonds is 7. The van der Waals surface area contributed by atoms with Gasteiger partial charge < -0.3 is 5.32 Å². The lowest BCUT2D eigenvalue weighted by atomic mass is 9.97. The van der Waals surface area contributed by atoms with Crippen molar-refractivity contribution in [2.45, 2.75) is 51.6 Å². The molecule has 1 atom stereocenters. The molecule has 4 heteroatoms. The van der Waals surface area contributed by atoms with Gasteiger partial charge in [0.15, 0.2) is 5.78 Å². The molecule has 1 unspecified atom stereocenters. The minimum atomic E-state index is -0.156. The van der Waals surface area contributed by atoms with Crippen LogP contribution in [0.3, 0.4) is 0 Å². The summed E-state index contributed by atoms with van der Waals surface area (Å²) in [7, 11) is 0. The van der Waals surface area contributed by atoms with Crippen molar-refractivity contribution in [2.75, 3.05) is 13.1 Å². The summed E-state index contributed by atoms with van der Waals surface area (Å²) in [5.74, 6) is -0.273. The second-order valence-electron chi connectivity index (χ2n) is 7.52. The second-order valence-corrected chi connectivity index (χ2v) is 7.52. The molecular weight excluding hydrogens is 348 g/mol. The fourth-order valence-electron chi connectivity index (χ4n) is 4.15. The van der Waals surface area contributed by atoms with Crippen molar-refractivity contribution in [1.29, 1.82) is 0 Å². The Hall–Kier alpha value is -2.46. The molecule has 1 saturated heterocycles. The first kappa shape index (κ1) is 20.3. The molecule has 148 valence electrons. The summed E-state index contributed by atoms with van der Waals surface area (Å²) in [6, 6.07) is 16.9. The maximum Gasteiger partial charge on any atom is 0.252 e. The number of nitrogens with one attached hydrogen (secondary N) is 1. The van der Waals surface area contributed by atoms with Gasteiger partial charge in [0.2, 0.25) is 0 Å². The van der Waals surface area contributed by atoms with E-state index in [9.17, 15) is 9.59 Å². The molecule has 1 N–H and O–H groups in total. The number of benzene rings is 2. The number of piperidine rings is 1. The maximum atomic E-state index is 13.0. The highest BCUT2D eigenvalue weighted by atomic mass is 16.2. The van der Waals surface area contributed by atoms with E-state index < -0.39 is 0 Å². The van der Waals surface area contributed by atoms with E-state index in [2.05, 4.69) is 24.1 Å². The molecule has 0 radical (unpaired) electrons. The molecule has 1 fully saturated rings. The van der Waals surface area contributed by atoms with Crippen LogP contribution in [0.4, 0.5) is 0 Å². The zero-order valence-corrected chi connectivity index (χ0v) is 16.9. The Bertz CT molecular complexity index is 799. The third-order valence-electron chi connectivity index (χ3n) is 5.70. The highest BCUT2D eigenvalue weighted by Crippen LogP contribution is 2.19. The fourth-order valence-corrected chi connectivity index (χ4v) is 4.15. The molecule has 0 aromatic heterocycles. The first-order valence-electron chi connectivity index (χ1n) is 10.4. The zero-order chi connectivity index (χ0) is 19.9. The van der Waals surface area contributed by atoms with Gasteiger partial charge in [-0.3, -0.25) is 14.5 Å². The Kier molecular flexibility index (Phi) is 6.99. The first-order valence-corrected chi connectivity index (χ1v) is 10.4. The van der Waals surface area contributed by atoms with Crippen molar-refractivity contribution in [3.8, 4) is 0 Å². The summed E-state index contributed by atoms with van der Waals surface area (Å²) in [6.07, 6.45) is 4.33. The van der Waals surface area contributed by atoms with Gasteiger partial charge in [-0.25, -0.2) is 0 Å². The number of likely N-dealkylation sites (tertiary alicyclic amines) is 1. The van der Waals surface area contributed by atoms with Gasteiger partial charge in [0.25, 0.3) is 5.91 Å². The van der Waals surface area contributed by atoms with Crippen molar-refractivity contribution < 1.29 is 9.59 Å². The van der Waals surface area contributed by atoms with Crippen LogP contribution in [-0.4, -0.2) is 41.8 Å². The Morgan fingerprint density at radius 1 is 1.00 bits per heavy atom. The molecule has 0 aliphatic carbocycles. The normalized spacial score (nSPS) is 17.5. The van der Waals surface area contributed by atoms with Gasteiger partial charge in [-0.1, -0.05) is 62.4 Å². The van der Waals surface area contributed by atoms with Crippen molar-refractivity contribution in [2.24, 2.45) is 0 Å². The van der Waals surface area contributed by atoms with E-state index in [4.69, 9.17) is 0 Å². The number of carbonyl (C=O) groups is 2. The highest BCUT2D eigenvalue weighted by molar-refractivity contribution is 6.15. The average molecular weight is 379 g/mol. The van der Waals surface area contributed by atoms with E-state index in [1.165, 1.54) is 0 Å². The predicted molar refractivity (Wildman–Crippen MR) is 113 cm³/mol. The molecule has 1 heterocycles. The quantitative estimate of drug-likeness (QED) is 0.731. The van der Waals surface area contributed by atoms with Crippen LogP contribution >= 0.6 is 0 Å². The number of carbonyl (C=O) groups excluding carboxylic acids is 2. The van der Waals surface area contributed by atoms with Crippen LogP contribution in [0.5, 0.6) is 0 Å². The molecule has 0 spiro atoms. The summed E-state index contributed by atoms with van der Waals surface area (Å²) < 4.78 is 0. The van der Waals surface area contributed by atoms with Crippen LogP contribution < -0.4 is 5.32 Å². The number of nitrogens with zero attached hydrogens (tertiary/aromatic N) is 1. The lowest BCUT2D eigenvalue weighted by Crippen LogP contribution is -2.50. The predicted octanol–water partition coefficient (Wildman–Crippen LogP) is 4.30. The van der Waals surface area contributed by atoms with E-state index >= 15 is 0 Å². The standard InChI is InChI=1S/C24H30N2O2/c1-3-20(4-2)26-16-10-13-19(17-26)25-24(28)22-15-9-8-14-21(22)23(27)18-11-6-5-7-12-18/h5-9,11-12,14-15,19-20H,3-4,10,13,16-17H2,1-2H3,(H,25,28). The van der Waals surface area contributed by atoms with Gasteiger partial charge in [-0.2, -0.15) is 0 Å². The minimum absolute atomic E-state index is 0.117. The lowest BCUT2D eigenvalue weighted by Gasteiger charge is -2.38. The first-order chi connectivity index (χ1) is 13.6. The molecule has 1 amide bonds. The van der Waals surface area contributed by atoms with Crippen molar-refractivity contribution in [3.05, 3.63) is 71.3 Å². The van der Waals surface area contributed by atoms with Crippen LogP contribution in [0.1, 0.15) is 65.8 Å². The SMILES string of the molecule is CCC(CC)N1CCCC(NC(=O)c2ccccc2C(=O)c2ccccc2)C1. The Morgan fingerprint density at radius 2 is 1.64 bits per heavy atom. The van der Waals surface area contributed by atoms with Crippen molar-refractivity contribution >= 4 is 11.7 Å². The largest absolute Gasteiger partial charge is 0.348 e. The summed E-state index contributed by atoms with van der Waals surface area (Å²) in [6.45, 7) is 6.43. The minimum Gasteiger partial charge on any atom is -0.348 e. The van der Waals surface area contributed by atoms with Gasteiger partial charge in [-0.15, -0.1) is 0 Å². The van der Waals surface area contributed by atoms with Crippen LogP contribution in [-0.2, 0) is 0 Å². The van der Waals surface area contributed by atoms with Gasteiger partial charge >= 0.3 is 0 Å².